The van der Waals surface area contributed by atoms with Crippen molar-refractivity contribution in [2.24, 2.45) is 0 Å². The van der Waals surface area contributed by atoms with Gasteiger partial charge in [0, 0.05) is 30.3 Å². The van der Waals surface area contributed by atoms with E-state index in [2.05, 4.69) is 4.98 Å². The SMILES string of the molecule is COC[C@@H](C)n1c(C)cc(C(=O)COC(=O)c2cccnc2Cl)c1C. The number of carbonyl (C=O) groups is 2. The van der Waals surface area contributed by atoms with Crippen LogP contribution in [0.2, 0.25) is 5.15 Å². The number of aromatic nitrogens is 2. The summed E-state index contributed by atoms with van der Waals surface area (Å²) in [7, 11) is 1.64. The van der Waals surface area contributed by atoms with Crippen LogP contribution in [0.15, 0.2) is 24.4 Å². The molecule has 0 bridgehead atoms. The molecule has 1 atom stereocenters. The van der Waals surface area contributed by atoms with Crippen molar-refractivity contribution in [2.75, 3.05) is 20.3 Å². The Morgan fingerprint density at radius 3 is 2.68 bits per heavy atom. The molecule has 0 N–H and O–H groups in total. The second kappa shape index (κ2) is 8.27. The first-order valence-electron chi connectivity index (χ1n) is 7.85. The number of hydrogen-bond acceptors (Lipinski definition) is 5. The molecular weight excluding hydrogens is 344 g/mol. The lowest BCUT2D eigenvalue weighted by Crippen LogP contribution is -2.17. The zero-order chi connectivity index (χ0) is 18.6. The van der Waals surface area contributed by atoms with Crippen LogP contribution >= 0.6 is 11.6 Å². The van der Waals surface area contributed by atoms with Crippen LogP contribution in [0, 0.1) is 13.8 Å². The number of pyridine rings is 1. The van der Waals surface area contributed by atoms with Crippen LogP contribution in [0.1, 0.15) is 45.1 Å². The van der Waals surface area contributed by atoms with Crippen molar-refractivity contribution in [2.45, 2.75) is 26.8 Å². The second-order valence-electron chi connectivity index (χ2n) is 5.80. The van der Waals surface area contributed by atoms with Gasteiger partial charge >= 0.3 is 5.97 Å². The average molecular weight is 365 g/mol. The summed E-state index contributed by atoms with van der Waals surface area (Å²) in [6.45, 7) is 6.00. The molecule has 2 aromatic heterocycles. The molecule has 0 fully saturated rings. The Labute approximate surface area is 151 Å². The summed E-state index contributed by atoms with van der Waals surface area (Å²) in [5.41, 5.74) is 2.44. The molecule has 25 heavy (non-hydrogen) atoms. The van der Waals surface area contributed by atoms with Crippen molar-refractivity contribution < 1.29 is 19.1 Å². The third-order valence-corrected chi connectivity index (χ3v) is 4.25. The van der Waals surface area contributed by atoms with E-state index in [0.717, 1.165) is 11.4 Å². The Balaban J connectivity index is 2.10. The number of hydrogen-bond donors (Lipinski definition) is 0. The van der Waals surface area contributed by atoms with E-state index in [0.29, 0.717) is 12.2 Å². The van der Waals surface area contributed by atoms with Gasteiger partial charge in [0.05, 0.1) is 18.2 Å². The Morgan fingerprint density at radius 1 is 1.32 bits per heavy atom. The van der Waals surface area contributed by atoms with Crippen LogP contribution in [-0.2, 0) is 9.47 Å². The van der Waals surface area contributed by atoms with Gasteiger partial charge in [-0.25, -0.2) is 9.78 Å². The molecule has 0 aliphatic heterocycles. The van der Waals surface area contributed by atoms with Gasteiger partial charge in [-0.05, 0) is 39.0 Å². The molecule has 2 heterocycles. The van der Waals surface area contributed by atoms with E-state index in [9.17, 15) is 9.59 Å². The summed E-state index contributed by atoms with van der Waals surface area (Å²) in [5.74, 6) is -0.940. The lowest BCUT2D eigenvalue weighted by molar-refractivity contribution is 0.0474. The number of methoxy groups -OCH3 is 1. The Morgan fingerprint density at radius 2 is 2.04 bits per heavy atom. The highest BCUT2D eigenvalue weighted by Crippen LogP contribution is 2.21. The van der Waals surface area contributed by atoms with Crippen molar-refractivity contribution in [3.63, 3.8) is 0 Å². The van der Waals surface area contributed by atoms with Gasteiger partial charge in [-0.1, -0.05) is 11.6 Å². The Kier molecular flexibility index (Phi) is 6.33. The lowest BCUT2D eigenvalue weighted by Gasteiger charge is -2.17. The van der Waals surface area contributed by atoms with Crippen molar-refractivity contribution in [1.29, 1.82) is 0 Å². The zero-order valence-corrected chi connectivity index (χ0v) is 15.5. The predicted octanol–water partition coefficient (Wildman–Crippen LogP) is 3.40. The fourth-order valence-corrected chi connectivity index (χ4v) is 3.07. The maximum Gasteiger partial charge on any atom is 0.341 e. The molecule has 0 saturated carbocycles. The fourth-order valence-electron chi connectivity index (χ4n) is 2.88. The van der Waals surface area contributed by atoms with Gasteiger partial charge in [0.2, 0.25) is 5.78 Å². The van der Waals surface area contributed by atoms with E-state index >= 15 is 0 Å². The lowest BCUT2D eigenvalue weighted by atomic mass is 10.1. The first kappa shape index (κ1) is 19.1. The summed E-state index contributed by atoms with van der Waals surface area (Å²) in [5, 5.41) is 0.0477. The van der Waals surface area contributed by atoms with Crippen LogP contribution in [0.3, 0.4) is 0 Å². The summed E-state index contributed by atoms with van der Waals surface area (Å²) < 4.78 is 12.3. The third kappa shape index (κ3) is 4.27. The highest BCUT2D eigenvalue weighted by atomic mass is 35.5. The van der Waals surface area contributed by atoms with Gasteiger partial charge in [-0.15, -0.1) is 0 Å². The van der Waals surface area contributed by atoms with Crippen molar-refractivity contribution in [1.82, 2.24) is 9.55 Å². The first-order chi connectivity index (χ1) is 11.9. The van der Waals surface area contributed by atoms with Gasteiger partial charge in [-0.2, -0.15) is 0 Å². The molecule has 0 saturated heterocycles. The molecule has 0 spiro atoms. The molecule has 2 aromatic rings. The minimum atomic E-state index is -0.673. The molecule has 0 amide bonds. The standard InChI is InChI=1S/C18H21ClN2O4/c1-11-8-15(13(3)21(11)12(2)9-24-4)16(22)10-25-18(23)14-6-5-7-20-17(14)19/h5-8,12H,9-10H2,1-4H3/t12-/m1/s1. The van der Waals surface area contributed by atoms with Crippen molar-refractivity contribution >= 4 is 23.4 Å². The maximum absolute atomic E-state index is 12.5. The van der Waals surface area contributed by atoms with E-state index in [4.69, 9.17) is 21.1 Å². The second-order valence-corrected chi connectivity index (χ2v) is 6.16. The zero-order valence-electron chi connectivity index (χ0n) is 14.7. The number of Topliss-reactive ketones (excluding diaryl/α,β-unsaturated/α-hetero) is 1. The Hall–Kier alpha value is -2.18. The number of ether oxygens (including phenoxy) is 2. The summed E-state index contributed by atoms with van der Waals surface area (Å²) in [4.78, 5) is 28.3. The minimum absolute atomic E-state index is 0.0477. The highest BCUT2D eigenvalue weighted by Gasteiger charge is 2.20. The van der Waals surface area contributed by atoms with Crippen LogP contribution in [0.25, 0.3) is 0 Å². The monoisotopic (exact) mass is 364 g/mol. The molecular formula is C18H21ClN2O4. The number of ketones is 1. The molecule has 0 radical (unpaired) electrons. The van der Waals surface area contributed by atoms with Gasteiger partial charge in [-0.3, -0.25) is 4.79 Å². The molecule has 2 rings (SSSR count). The Bertz CT molecular complexity index is 785. The minimum Gasteiger partial charge on any atom is -0.454 e. The van der Waals surface area contributed by atoms with Crippen molar-refractivity contribution in [3.05, 3.63) is 52.1 Å². The normalized spacial score (nSPS) is 12.0. The van der Waals surface area contributed by atoms with E-state index in [-0.39, 0.29) is 29.1 Å². The van der Waals surface area contributed by atoms with Crippen molar-refractivity contribution in [3.8, 4) is 0 Å². The van der Waals surface area contributed by atoms with E-state index in [1.807, 2.05) is 25.3 Å². The first-order valence-corrected chi connectivity index (χ1v) is 8.22. The van der Waals surface area contributed by atoms with Gasteiger partial charge < -0.3 is 14.0 Å². The number of aryl methyl sites for hydroxylation is 1. The number of nitrogens with zero attached hydrogens (tertiary/aromatic N) is 2. The molecule has 0 unspecified atom stereocenters. The van der Waals surface area contributed by atoms with Gasteiger partial charge in [0.1, 0.15) is 5.15 Å². The fraction of sp³-hybridized carbons (Fsp3) is 0.389. The molecule has 0 aliphatic carbocycles. The molecule has 7 heteroatoms. The topological polar surface area (TPSA) is 70.4 Å². The van der Waals surface area contributed by atoms with E-state index < -0.39 is 5.97 Å². The van der Waals surface area contributed by atoms with Gasteiger partial charge in [0.15, 0.2) is 6.61 Å². The maximum atomic E-state index is 12.5. The third-order valence-electron chi connectivity index (χ3n) is 3.95. The predicted molar refractivity (Wildman–Crippen MR) is 94.4 cm³/mol. The summed E-state index contributed by atoms with van der Waals surface area (Å²) >= 11 is 5.85. The molecule has 0 aliphatic rings. The highest BCUT2D eigenvalue weighted by molar-refractivity contribution is 6.32. The summed E-state index contributed by atoms with van der Waals surface area (Å²) in [6.07, 6.45) is 1.47. The number of esters is 1. The van der Waals surface area contributed by atoms with E-state index in [1.54, 1.807) is 19.2 Å². The smallest absolute Gasteiger partial charge is 0.341 e. The molecule has 0 aromatic carbocycles. The van der Waals surface area contributed by atoms with Crippen LogP contribution in [0.4, 0.5) is 0 Å². The number of carbonyl (C=O) groups excluding carboxylic acids is 2. The van der Waals surface area contributed by atoms with Gasteiger partial charge in [0.25, 0.3) is 0 Å². The largest absolute Gasteiger partial charge is 0.454 e. The molecule has 6 nitrogen and oxygen atoms in total. The van der Waals surface area contributed by atoms with Crippen LogP contribution in [0.5, 0.6) is 0 Å². The quantitative estimate of drug-likeness (QED) is 0.428. The van der Waals surface area contributed by atoms with Crippen LogP contribution in [-0.4, -0.2) is 41.6 Å². The molecule has 134 valence electrons. The van der Waals surface area contributed by atoms with Crippen LogP contribution < -0.4 is 0 Å². The summed E-state index contributed by atoms with van der Waals surface area (Å²) in [6, 6.07) is 4.98. The number of halogens is 1. The number of rotatable bonds is 7. The van der Waals surface area contributed by atoms with E-state index in [1.165, 1.54) is 12.3 Å². The average Bonchev–Trinajstić information content (AvgIpc) is 2.87.